The molecule has 0 bridgehead atoms. The Morgan fingerprint density at radius 2 is 1.85 bits per heavy atom. The van der Waals surface area contributed by atoms with Gasteiger partial charge in [0.2, 0.25) is 0 Å². The lowest BCUT2D eigenvalue weighted by atomic mass is 9.96. The molecule has 1 amide bonds. The average molecular weight is 395 g/mol. The maximum absolute atomic E-state index is 12.5. The van der Waals surface area contributed by atoms with Crippen molar-refractivity contribution in [1.82, 2.24) is 9.88 Å². The number of nitrogens with zero attached hydrogens (tertiary/aromatic N) is 2. The van der Waals surface area contributed by atoms with Crippen LogP contribution in [0.3, 0.4) is 0 Å². The number of carbonyl (C=O) groups is 2. The number of rotatable bonds is 2. The first kappa shape index (κ1) is 21.2. The van der Waals surface area contributed by atoms with E-state index in [0.717, 1.165) is 5.57 Å². The summed E-state index contributed by atoms with van der Waals surface area (Å²) in [5.41, 5.74) is 0.0850. The van der Waals surface area contributed by atoms with Crippen molar-refractivity contribution < 1.29 is 19.1 Å². The number of aromatic nitrogens is 1. The molecule has 148 valence electrons. The van der Waals surface area contributed by atoms with Crippen LogP contribution in [-0.4, -0.2) is 46.7 Å². The largest absolute Gasteiger partial charge is 0.455 e. The summed E-state index contributed by atoms with van der Waals surface area (Å²) in [6, 6.07) is 5.27. The van der Waals surface area contributed by atoms with Gasteiger partial charge in [0.1, 0.15) is 16.9 Å². The molecule has 7 heteroatoms. The van der Waals surface area contributed by atoms with Gasteiger partial charge < -0.3 is 14.4 Å². The fraction of sp³-hybridized carbons (Fsp3) is 0.550. The molecule has 0 saturated heterocycles. The van der Waals surface area contributed by atoms with E-state index in [2.05, 4.69) is 4.98 Å². The third kappa shape index (κ3) is 5.96. The second-order valence-electron chi connectivity index (χ2n) is 8.53. The molecule has 0 saturated carbocycles. The second-order valence-corrected chi connectivity index (χ2v) is 8.92. The summed E-state index contributed by atoms with van der Waals surface area (Å²) < 4.78 is 11.2. The fourth-order valence-electron chi connectivity index (χ4n) is 2.43. The third-order valence-electron chi connectivity index (χ3n) is 3.79. The van der Waals surface area contributed by atoms with E-state index in [4.69, 9.17) is 21.1 Å². The van der Waals surface area contributed by atoms with E-state index in [0.29, 0.717) is 17.4 Å². The smallest absolute Gasteiger partial charge is 0.410 e. The van der Waals surface area contributed by atoms with Gasteiger partial charge in [0.05, 0.1) is 17.7 Å². The van der Waals surface area contributed by atoms with Gasteiger partial charge in [0.15, 0.2) is 0 Å². The van der Waals surface area contributed by atoms with Crippen molar-refractivity contribution in [2.75, 3.05) is 13.1 Å². The fourth-order valence-corrected chi connectivity index (χ4v) is 2.60. The number of halogens is 1. The minimum absolute atomic E-state index is 0.191. The van der Waals surface area contributed by atoms with Crippen LogP contribution < -0.4 is 0 Å². The highest BCUT2D eigenvalue weighted by molar-refractivity contribution is 6.29. The molecule has 0 aromatic carbocycles. The molecule has 1 aliphatic rings. The van der Waals surface area contributed by atoms with E-state index in [1.54, 1.807) is 39.0 Å². The molecule has 1 aromatic heterocycles. The van der Waals surface area contributed by atoms with Crippen LogP contribution in [-0.2, 0) is 14.3 Å². The third-order valence-corrected chi connectivity index (χ3v) is 4.00. The minimum atomic E-state index is -0.666. The summed E-state index contributed by atoms with van der Waals surface area (Å²) in [7, 11) is 0. The Labute approximate surface area is 165 Å². The van der Waals surface area contributed by atoms with Crippen LogP contribution in [0.4, 0.5) is 4.79 Å². The van der Waals surface area contributed by atoms with Crippen LogP contribution in [0.2, 0.25) is 5.15 Å². The number of amides is 1. The predicted molar refractivity (Wildman–Crippen MR) is 104 cm³/mol. The van der Waals surface area contributed by atoms with Crippen LogP contribution in [0.1, 0.15) is 47.2 Å². The maximum atomic E-state index is 12.5. The molecule has 2 heterocycles. The van der Waals surface area contributed by atoms with Crippen molar-refractivity contribution in [3.05, 3.63) is 35.1 Å². The first-order valence-electron chi connectivity index (χ1n) is 8.89. The van der Waals surface area contributed by atoms with Crippen LogP contribution in [0.15, 0.2) is 24.3 Å². The van der Waals surface area contributed by atoms with Gasteiger partial charge in [-0.05, 0) is 53.7 Å². The predicted octanol–water partition coefficient (Wildman–Crippen LogP) is 4.33. The van der Waals surface area contributed by atoms with Crippen LogP contribution in [0.5, 0.6) is 0 Å². The summed E-state index contributed by atoms with van der Waals surface area (Å²) in [5.74, 6) is -0.355. The van der Waals surface area contributed by atoms with Gasteiger partial charge in [-0.25, -0.2) is 9.78 Å². The lowest BCUT2D eigenvalue weighted by molar-refractivity contribution is -0.156. The number of carbonyl (C=O) groups excluding carboxylic acids is 2. The number of hydrogen-bond acceptors (Lipinski definition) is 5. The summed E-state index contributed by atoms with van der Waals surface area (Å²) in [5, 5.41) is 0.351. The van der Waals surface area contributed by atoms with Crippen molar-refractivity contribution in [2.24, 2.45) is 5.41 Å². The van der Waals surface area contributed by atoms with E-state index < -0.39 is 23.2 Å². The van der Waals surface area contributed by atoms with Gasteiger partial charge in [-0.1, -0.05) is 23.7 Å². The molecule has 1 aromatic rings. The first-order chi connectivity index (χ1) is 12.4. The maximum Gasteiger partial charge on any atom is 0.410 e. The minimum Gasteiger partial charge on any atom is -0.455 e. The van der Waals surface area contributed by atoms with Crippen molar-refractivity contribution in [2.45, 2.75) is 53.2 Å². The Hall–Kier alpha value is -2.08. The molecule has 0 fully saturated rings. The molecule has 0 radical (unpaired) electrons. The number of esters is 1. The standard InChI is InChI=1S/C20H27ClN2O4/c1-19(2,3)17(24)26-15-12-23(18(25)27-20(4,5)6)11-10-13(15)14-8-7-9-16(21)22-14/h7-10,15H,11-12H2,1-6H3/t15-/m0/s1. The van der Waals surface area contributed by atoms with E-state index in [-0.39, 0.29) is 12.5 Å². The van der Waals surface area contributed by atoms with Gasteiger partial charge in [-0.2, -0.15) is 0 Å². The van der Waals surface area contributed by atoms with E-state index in [1.165, 1.54) is 4.90 Å². The van der Waals surface area contributed by atoms with Crippen LogP contribution >= 0.6 is 11.6 Å². The molecule has 1 aliphatic heterocycles. The molecule has 2 rings (SSSR count). The molecular formula is C20H27ClN2O4. The van der Waals surface area contributed by atoms with Crippen molar-refractivity contribution in [1.29, 1.82) is 0 Å². The van der Waals surface area contributed by atoms with Crippen molar-refractivity contribution in [3.63, 3.8) is 0 Å². The van der Waals surface area contributed by atoms with Gasteiger partial charge in [-0.15, -0.1) is 0 Å². The lowest BCUT2D eigenvalue weighted by Gasteiger charge is -2.34. The van der Waals surface area contributed by atoms with E-state index in [1.807, 2.05) is 26.8 Å². The summed E-state index contributed by atoms with van der Waals surface area (Å²) in [4.78, 5) is 30.7. The Bertz CT molecular complexity index is 747. The summed E-state index contributed by atoms with van der Waals surface area (Å²) >= 11 is 6.01. The average Bonchev–Trinajstić information content (AvgIpc) is 2.52. The van der Waals surface area contributed by atoms with E-state index >= 15 is 0 Å². The second kappa shape index (κ2) is 7.89. The first-order valence-corrected chi connectivity index (χ1v) is 9.26. The zero-order chi connectivity index (χ0) is 20.4. The Kier molecular flexibility index (Phi) is 6.20. The topological polar surface area (TPSA) is 68.7 Å². The molecule has 0 unspecified atom stereocenters. The Balaban J connectivity index is 2.30. The molecular weight excluding hydrogens is 368 g/mol. The highest BCUT2D eigenvalue weighted by Gasteiger charge is 2.34. The SMILES string of the molecule is CC(C)(C)OC(=O)N1CC=C(c2cccc(Cl)n2)[C@@H](OC(=O)C(C)(C)C)C1. The highest BCUT2D eigenvalue weighted by atomic mass is 35.5. The van der Waals surface area contributed by atoms with Gasteiger partial charge in [0, 0.05) is 12.1 Å². The van der Waals surface area contributed by atoms with Gasteiger partial charge in [0.25, 0.3) is 0 Å². The molecule has 0 spiro atoms. The number of ether oxygens (including phenoxy) is 2. The number of pyridine rings is 1. The van der Waals surface area contributed by atoms with Crippen molar-refractivity contribution in [3.8, 4) is 0 Å². The normalized spacial score (nSPS) is 18.0. The van der Waals surface area contributed by atoms with Crippen LogP contribution in [0.25, 0.3) is 5.57 Å². The van der Waals surface area contributed by atoms with Crippen molar-refractivity contribution >= 4 is 29.2 Å². The van der Waals surface area contributed by atoms with Gasteiger partial charge >= 0.3 is 12.1 Å². The van der Waals surface area contributed by atoms with Gasteiger partial charge in [-0.3, -0.25) is 4.79 Å². The highest BCUT2D eigenvalue weighted by Crippen LogP contribution is 2.28. The molecule has 6 nitrogen and oxygen atoms in total. The Morgan fingerprint density at radius 1 is 1.19 bits per heavy atom. The summed E-state index contributed by atoms with van der Waals surface area (Å²) in [6.45, 7) is 11.3. The Morgan fingerprint density at radius 3 is 2.41 bits per heavy atom. The zero-order valence-electron chi connectivity index (χ0n) is 16.7. The quantitative estimate of drug-likeness (QED) is 0.551. The molecule has 0 N–H and O–H groups in total. The van der Waals surface area contributed by atoms with Crippen LogP contribution in [0, 0.1) is 5.41 Å². The zero-order valence-corrected chi connectivity index (χ0v) is 17.5. The van der Waals surface area contributed by atoms with E-state index in [9.17, 15) is 9.59 Å². The molecule has 0 aliphatic carbocycles. The summed E-state index contributed by atoms with van der Waals surface area (Å²) in [6.07, 6.45) is 0.727. The lowest BCUT2D eigenvalue weighted by Crippen LogP contribution is -2.46. The monoisotopic (exact) mass is 394 g/mol. The molecule has 1 atom stereocenters. The molecule has 27 heavy (non-hydrogen) atoms. The number of hydrogen-bond donors (Lipinski definition) is 0.